The monoisotopic (exact) mass is 424 g/mol. The van der Waals surface area contributed by atoms with Crippen LogP contribution in [0.2, 0.25) is 0 Å². The second kappa shape index (κ2) is 8.21. The van der Waals surface area contributed by atoms with Gasteiger partial charge in [-0.3, -0.25) is 0 Å². The Hall–Kier alpha value is -3.09. The van der Waals surface area contributed by atoms with E-state index in [1.54, 1.807) is 17.0 Å². The summed E-state index contributed by atoms with van der Waals surface area (Å²) >= 11 is 0. The summed E-state index contributed by atoms with van der Waals surface area (Å²) in [5, 5.41) is 0. The third-order valence-corrected chi connectivity index (χ3v) is 5.43. The molecule has 1 aliphatic rings. The summed E-state index contributed by atoms with van der Waals surface area (Å²) in [6.07, 6.45) is -0.278. The molecular formula is C24H29FN4O2. The molecule has 2 aromatic carbocycles. The number of benzene rings is 2. The number of fused-ring (bicyclic) bond motifs is 1. The van der Waals surface area contributed by atoms with Gasteiger partial charge in [-0.05, 0) is 57.5 Å². The molecule has 1 atom stereocenters. The van der Waals surface area contributed by atoms with Crippen LogP contribution in [-0.2, 0) is 11.3 Å². The first kappa shape index (κ1) is 21.2. The number of amides is 1. The van der Waals surface area contributed by atoms with Crippen LogP contribution in [-0.4, -0.2) is 51.8 Å². The van der Waals surface area contributed by atoms with Gasteiger partial charge in [-0.2, -0.15) is 0 Å². The number of aromatic nitrogens is 2. The van der Waals surface area contributed by atoms with E-state index < -0.39 is 5.60 Å². The van der Waals surface area contributed by atoms with Gasteiger partial charge in [0.2, 0.25) is 5.95 Å². The number of para-hydroxylation sites is 2. The van der Waals surface area contributed by atoms with Crippen molar-refractivity contribution in [2.45, 2.75) is 45.9 Å². The molecule has 1 aliphatic heterocycles. The zero-order valence-corrected chi connectivity index (χ0v) is 18.5. The SMILES string of the molecule is C[C@@H]1CN(c2nc3ccccc3n2Cc2ccc(F)cc2)CCN1C(=O)OC(C)(C)C. The summed E-state index contributed by atoms with van der Waals surface area (Å²) in [5.74, 6) is 0.618. The molecule has 0 spiro atoms. The zero-order valence-electron chi connectivity index (χ0n) is 18.5. The number of ether oxygens (including phenoxy) is 1. The molecule has 31 heavy (non-hydrogen) atoms. The van der Waals surface area contributed by atoms with Crippen LogP contribution in [0.4, 0.5) is 15.1 Å². The number of halogens is 1. The highest BCUT2D eigenvalue weighted by Crippen LogP contribution is 2.26. The summed E-state index contributed by atoms with van der Waals surface area (Å²) in [6, 6.07) is 14.6. The van der Waals surface area contributed by atoms with E-state index in [0.29, 0.717) is 26.2 Å². The minimum Gasteiger partial charge on any atom is -0.444 e. The van der Waals surface area contributed by atoms with Gasteiger partial charge in [-0.1, -0.05) is 24.3 Å². The Morgan fingerprint density at radius 1 is 1.13 bits per heavy atom. The second-order valence-electron chi connectivity index (χ2n) is 9.08. The van der Waals surface area contributed by atoms with E-state index in [4.69, 9.17) is 9.72 Å². The molecule has 3 aromatic rings. The van der Waals surface area contributed by atoms with Gasteiger partial charge in [0.05, 0.1) is 17.6 Å². The maximum absolute atomic E-state index is 13.4. The van der Waals surface area contributed by atoms with E-state index in [1.165, 1.54) is 12.1 Å². The van der Waals surface area contributed by atoms with E-state index in [2.05, 4.69) is 15.5 Å². The fraction of sp³-hybridized carbons (Fsp3) is 0.417. The Bertz CT molecular complexity index is 1070. The van der Waals surface area contributed by atoms with Crippen LogP contribution in [0.1, 0.15) is 33.3 Å². The topological polar surface area (TPSA) is 50.6 Å². The van der Waals surface area contributed by atoms with Crippen molar-refractivity contribution in [3.63, 3.8) is 0 Å². The number of hydrogen-bond acceptors (Lipinski definition) is 4. The predicted molar refractivity (Wildman–Crippen MR) is 120 cm³/mol. The number of rotatable bonds is 3. The second-order valence-corrected chi connectivity index (χ2v) is 9.08. The fourth-order valence-corrected chi connectivity index (χ4v) is 3.96. The molecule has 1 amide bonds. The van der Waals surface area contributed by atoms with Gasteiger partial charge in [0.25, 0.3) is 0 Å². The molecule has 0 saturated carbocycles. The Morgan fingerprint density at radius 2 is 1.84 bits per heavy atom. The average Bonchev–Trinajstić information content (AvgIpc) is 3.07. The van der Waals surface area contributed by atoms with Crippen molar-refractivity contribution >= 4 is 23.1 Å². The van der Waals surface area contributed by atoms with E-state index in [9.17, 15) is 9.18 Å². The smallest absolute Gasteiger partial charge is 0.410 e. The van der Waals surface area contributed by atoms with Gasteiger partial charge in [0.15, 0.2) is 0 Å². The van der Waals surface area contributed by atoms with Crippen molar-refractivity contribution in [1.82, 2.24) is 14.5 Å². The maximum Gasteiger partial charge on any atom is 0.410 e. The fourth-order valence-electron chi connectivity index (χ4n) is 3.96. The van der Waals surface area contributed by atoms with Crippen molar-refractivity contribution in [1.29, 1.82) is 0 Å². The van der Waals surface area contributed by atoms with Crippen molar-refractivity contribution in [2.75, 3.05) is 24.5 Å². The van der Waals surface area contributed by atoms with Gasteiger partial charge >= 0.3 is 6.09 Å². The predicted octanol–water partition coefficient (Wildman–Crippen LogP) is 4.67. The van der Waals surface area contributed by atoms with Crippen molar-refractivity contribution < 1.29 is 13.9 Å². The molecule has 1 fully saturated rings. The lowest BCUT2D eigenvalue weighted by atomic mass is 10.2. The van der Waals surface area contributed by atoms with Gasteiger partial charge in [0.1, 0.15) is 11.4 Å². The normalized spacial score (nSPS) is 17.3. The van der Waals surface area contributed by atoms with Gasteiger partial charge in [-0.25, -0.2) is 14.2 Å². The molecule has 0 N–H and O–H groups in total. The number of carbonyl (C=O) groups is 1. The highest BCUT2D eigenvalue weighted by molar-refractivity contribution is 5.79. The lowest BCUT2D eigenvalue weighted by Gasteiger charge is -2.40. The van der Waals surface area contributed by atoms with Gasteiger partial charge in [-0.15, -0.1) is 0 Å². The summed E-state index contributed by atoms with van der Waals surface area (Å²) < 4.78 is 21.1. The molecule has 0 unspecified atom stereocenters. The first-order valence-corrected chi connectivity index (χ1v) is 10.7. The molecule has 2 heterocycles. The maximum atomic E-state index is 13.4. The van der Waals surface area contributed by atoms with Gasteiger partial charge < -0.3 is 19.1 Å². The molecule has 0 radical (unpaired) electrons. The third kappa shape index (κ3) is 4.65. The number of anilines is 1. The molecule has 0 aliphatic carbocycles. The van der Waals surface area contributed by atoms with Crippen LogP contribution < -0.4 is 4.90 Å². The summed E-state index contributed by atoms with van der Waals surface area (Å²) in [6.45, 7) is 10.1. The average molecular weight is 425 g/mol. The first-order valence-electron chi connectivity index (χ1n) is 10.7. The van der Waals surface area contributed by atoms with E-state index in [1.807, 2.05) is 45.9 Å². The standard InChI is InChI=1S/C24H29FN4O2/c1-17-15-27(13-14-28(17)23(30)31-24(2,3)4)22-26-20-7-5-6-8-21(20)29(22)16-18-9-11-19(25)12-10-18/h5-12,17H,13-16H2,1-4H3/t17-/m1/s1. The molecule has 0 bridgehead atoms. The Kier molecular flexibility index (Phi) is 5.60. The zero-order chi connectivity index (χ0) is 22.2. The number of hydrogen-bond donors (Lipinski definition) is 0. The van der Waals surface area contributed by atoms with E-state index in [0.717, 1.165) is 22.5 Å². The Morgan fingerprint density at radius 3 is 2.52 bits per heavy atom. The van der Waals surface area contributed by atoms with Crippen LogP contribution in [0.25, 0.3) is 11.0 Å². The van der Waals surface area contributed by atoms with Crippen LogP contribution in [0.3, 0.4) is 0 Å². The van der Waals surface area contributed by atoms with E-state index >= 15 is 0 Å². The Balaban J connectivity index is 1.60. The minimum atomic E-state index is -0.517. The lowest BCUT2D eigenvalue weighted by Crippen LogP contribution is -2.55. The highest BCUT2D eigenvalue weighted by Gasteiger charge is 2.32. The lowest BCUT2D eigenvalue weighted by molar-refractivity contribution is 0.0158. The highest BCUT2D eigenvalue weighted by atomic mass is 19.1. The first-order chi connectivity index (χ1) is 14.7. The number of imidazole rings is 1. The number of nitrogens with zero attached hydrogens (tertiary/aromatic N) is 4. The van der Waals surface area contributed by atoms with Crippen molar-refractivity contribution in [2.24, 2.45) is 0 Å². The van der Waals surface area contributed by atoms with Crippen LogP contribution in [0, 0.1) is 5.82 Å². The van der Waals surface area contributed by atoms with Gasteiger partial charge in [0, 0.05) is 25.7 Å². The van der Waals surface area contributed by atoms with Crippen LogP contribution in [0.5, 0.6) is 0 Å². The number of piperazine rings is 1. The van der Waals surface area contributed by atoms with E-state index in [-0.39, 0.29) is 18.0 Å². The largest absolute Gasteiger partial charge is 0.444 e. The summed E-state index contributed by atoms with van der Waals surface area (Å²) in [4.78, 5) is 21.5. The molecule has 4 rings (SSSR count). The van der Waals surface area contributed by atoms with Crippen LogP contribution in [0.15, 0.2) is 48.5 Å². The number of carbonyl (C=O) groups excluding carboxylic acids is 1. The third-order valence-electron chi connectivity index (χ3n) is 5.43. The molecule has 164 valence electrons. The van der Waals surface area contributed by atoms with Crippen molar-refractivity contribution in [3.05, 3.63) is 59.9 Å². The summed E-state index contributed by atoms with van der Waals surface area (Å²) in [5.41, 5.74) is 2.44. The van der Waals surface area contributed by atoms with Crippen LogP contribution >= 0.6 is 0 Å². The van der Waals surface area contributed by atoms with Crippen molar-refractivity contribution in [3.8, 4) is 0 Å². The Labute approximate surface area is 182 Å². The molecule has 6 nitrogen and oxygen atoms in total. The quantitative estimate of drug-likeness (QED) is 0.613. The molecular weight excluding hydrogens is 395 g/mol. The molecule has 1 aromatic heterocycles. The minimum absolute atomic E-state index is 0.0114. The molecule has 7 heteroatoms. The molecule has 1 saturated heterocycles. The summed E-state index contributed by atoms with van der Waals surface area (Å²) in [7, 11) is 0.